The van der Waals surface area contributed by atoms with Gasteiger partial charge in [-0.1, -0.05) is 11.8 Å². The van der Waals surface area contributed by atoms with E-state index in [0.717, 1.165) is 4.90 Å². The first-order chi connectivity index (χ1) is 9.63. The molecule has 3 nitrogen and oxygen atoms in total. The summed E-state index contributed by atoms with van der Waals surface area (Å²) in [6, 6.07) is 11.5. The quantitative estimate of drug-likeness (QED) is 0.804. The van der Waals surface area contributed by atoms with Crippen LogP contribution in [-0.2, 0) is 4.74 Å². The van der Waals surface area contributed by atoms with Crippen molar-refractivity contribution < 1.29 is 18.7 Å². The Balaban J connectivity index is 2.16. The summed E-state index contributed by atoms with van der Waals surface area (Å²) in [5.41, 5.74) is 0.465. The smallest absolute Gasteiger partial charge is 0.337 e. The lowest BCUT2D eigenvalue weighted by Gasteiger charge is -2.06. The predicted molar refractivity (Wildman–Crippen MR) is 74.9 cm³/mol. The summed E-state index contributed by atoms with van der Waals surface area (Å²) >= 11 is 1.28. The van der Waals surface area contributed by atoms with E-state index >= 15 is 0 Å². The molecule has 0 spiro atoms. The van der Waals surface area contributed by atoms with E-state index in [2.05, 4.69) is 4.74 Å². The molecule has 0 unspecified atom stereocenters. The highest BCUT2D eigenvalue weighted by Gasteiger charge is 2.08. The minimum absolute atomic E-state index is 0.341. The Morgan fingerprint density at radius 2 is 1.80 bits per heavy atom. The van der Waals surface area contributed by atoms with Crippen LogP contribution in [0.25, 0.3) is 0 Å². The molecule has 0 aromatic heterocycles. The summed E-state index contributed by atoms with van der Waals surface area (Å²) in [6.07, 6.45) is 0. The lowest BCUT2D eigenvalue weighted by molar-refractivity contribution is 0.0600. The van der Waals surface area contributed by atoms with Gasteiger partial charge in [0.05, 0.1) is 19.8 Å². The zero-order valence-corrected chi connectivity index (χ0v) is 11.9. The Hall–Kier alpha value is -2.01. The van der Waals surface area contributed by atoms with Crippen LogP contribution in [0.1, 0.15) is 10.4 Å². The molecule has 0 aliphatic heterocycles. The fraction of sp³-hybridized carbons (Fsp3) is 0.133. The number of halogens is 1. The van der Waals surface area contributed by atoms with Gasteiger partial charge < -0.3 is 9.47 Å². The van der Waals surface area contributed by atoms with Crippen molar-refractivity contribution >= 4 is 17.7 Å². The number of benzene rings is 2. The predicted octanol–water partition coefficient (Wildman–Crippen LogP) is 3.77. The van der Waals surface area contributed by atoms with Crippen LogP contribution >= 0.6 is 11.8 Å². The standard InChI is InChI=1S/C15H13FO3S/c1-18-11-5-8-14(13(16)9-11)20-12-6-3-10(4-7-12)15(17)19-2/h3-9H,1-2H3. The molecule has 2 aromatic carbocycles. The third kappa shape index (κ3) is 3.30. The molecule has 104 valence electrons. The van der Waals surface area contributed by atoms with Gasteiger partial charge >= 0.3 is 5.97 Å². The van der Waals surface area contributed by atoms with E-state index in [9.17, 15) is 9.18 Å². The number of hydrogen-bond donors (Lipinski definition) is 0. The van der Waals surface area contributed by atoms with Crippen LogP contribution in [0.4, 0.5) is 4.39 Å². The van der Waals surface area contributed by atoms with Gasteiger partial charge in [0.15, 0.2) is 0 Å². The van der Waals surface area contributed by atoms with Gasteiger partial charge in [0.25, 0.3) is 0 Å². The SMILES string of the molecule is COC(=O)c1ccc(Sc2ccc(OC)cc2F)cc1. The average Bonchev–Trinajstić information content (AvgIpc) is 2.49. The lowest BCUT2D eigenvalue weighted by atomic mass is 10.2. The van der Waals surface area contributed by atoms with Gasteiger partial charge in [-0.25, -0.2) is 9.18 Å². The van der Waals surface area contributed by atoms with Gasteiger partial charge in [-0.05, 0) is 36.4 Å². The van der Waals surface area contributed by atoms with Crippen molar-refractivity contribution in [2.45, 2.75) is 9.79 Å². The minimum Gasteiger partial charge on any atom is -0.497 e. The summed E-state index contributed by atoms with van der Waals surface area (Å²) < 4.78 is 23.4. The summed E-state index contributed by atoms with van der Waals surface area (Å²) in [5, 5.41) is 0. The van der Waals surface area contributed by atoms with E-state index in [1.165, 1.54) is 32.0 Å². The molecule has 0 saturated carbocycles. The lowest BCUT2D eigenvalue weighted by Crippen LogP contribution is -2.00. The van der Waals surface area contributed by atoms with Crippen LogP contribution < -0.4 is 4.74 Å². The maximum atomic E-state index is 13.8. The van der Waals surface area contributed by atoms with Crippen LogP contribution in [0.3, 0.4) is 0 Å². The Labute approximate surface area is 120 Å². The maximum Gasteiger partial charge on any atom is 0.337 e. The monoisotopic (exact) mass is 292 g/mol. The van der Waals surface area contributed by atoms with Crippen molar-refractivity contribution in [3.05, 3.63) is 53.8 Å². The first-order valence-corrected chi connectivity index (χ1v) is 6.65. The molecule has 0 N–H and O–H groups in total. The van der Waals surface area contributed by atoms with Gasteiger partial charge in [0, 0.05) is 15.9 Å². The molecular formula is C15H13FO3S. The Bertz CT molecular complexity index is 611. The maximum absolute atomic E-state index is 13.8. The Morgan fingerprint density at radius 3 is 2.35 bits per heavy atom. The number of carbonyl (C=O) groups excluding carboxylic acids is 1. The molecule has 0 heterocycles. The van der Waals surface area contributed by atoms with Crippen molar-refractivity contribution in [3.8, 4) is 5.75 Å². The van der Waals surface area contributed by atoms with Crippen LogP contribution in [0.15, 0.2) is 52.3 Å². The average molecular weight is 292 g/mol. The molecule has 20 heavy (non-hydrogen) atoms. The summed E-state index contributed by atoms with van der Waals surface area (Å²) in [5.74, 6) is -0.253. The summed E-state index contributed by atoms with van der Waals surface area (Å²) in [4.78, 5) is 12.6. The van der Waals surface area contributed by atoms with Gasteiger partial charge in [-0.3, -0.25) is 0 Å². The molecule has 0 fully saturated rings. The fourth-order valence-electron chi connectivity index (χ4n) is 1.60. The van der Waals surface area contributed by atoms with E-state index in [0.29, 0.717) is 16.2 Å². The van der Waals surface area contributed by atoms with Crippen molar-refractivity contribution in [1.82, 2.24) is 0 Å². The first kappa shape index (κ1) is 14.4. The Morgan fingerprint density at radius 1 is 1.10 bits per heavy atom. The zero-order chi connectivity index (χ0) is 14.5. The largest absolute Gasteiger partial charge is 0.497 e. The molecule has 0 amide bonds. The fourth-order valence-corrected chi connectivity index (χ4v) is 2.41. The topological polar surface area (TPSA) is 35.5 Å². The van der Waals surface area contributed by atoms with Gasteiger partial charge in [-0.2, -0.15) is 0 Å². The molecule has 0 atom stereocenters. The van der Waals surface area contributed by atoms with Crippen molar-refractivity contribution in [2.24, 2.45) is 0 Å². The van der Waals surface area contributed by atoms with Gasteiger partial charge in [-0.15, -0.1) is 0 Å². The van der Waals surface area contributed by atoms with Gasteiger partial charge in [0.1, 0.15) is 11.6 Å². The molecule has 2 aromatic rings. The van der Waals surface area contributed by atoms with Crippen molar-refractivity contribution in [1.29, 1.82) is 0 Å². The van der Waals surface area contributed by atoms with Crippen molar-refractivity contribution in [3.63, 3.8) is 0 Å². The molecule has 5 heteroatoms. The normalized spacial score (nSPS) is 10.2. The van der Waals surface area contributed by atoms with E-state index in [4.69, 9.17) is 4.74 Å². The molecule has 2 rings (SSSR count). The third-order valence-corrected chi connectivity index (χ3v) is 3.70. The van der Waals surface area contributed by atoms with Crippen LogP contribution in [0.5, 0.6) is 5.75 Å². The van der Waals surface area contributed by atoms with E-state index < -0.39 is 5.97 Å². The molecular weight excluding hydrogens is 279 g/mol. The number of ether oxygens (including phenoxy) is 2. The highest BCUT2D eigenvalue weighted by Crippen LogP contribution is 2.31. The van der Waals surface area contributed by atoms with E-state index in [1.54, 1.807) is 36.4 Å². The highest BCUT2D eigenvalue weighted by atomic mass is 32.2. The van der Waals surface area contributed by atoms with Gasteiger partial charge in [0.2, 0.25) is 0 Å². The molecule has 0 radical (unpaired) electrons. The van der Waals surface area contributed by atoms with Crippen LogP contribution in [0.2, 0.25) is 0 Å². The molecule has 0 aliphatic rings. The zero-order valence-electron chi connectivity index (χ0n) is 11.1. The number of methoxy groups -OCH3 is 2. The van der Waals surface area contributed by atoms with Crippen LogP contribution in [0, 0.1) is 5.82 Å². The third-order valence-electron chi connectivity index (χ3n) is 2.64. The van der Waals surface area contributed by atoms with Crippen molar-refractivity contribution in [2.75, 3.05) is 14.2 Å². The summed E-state index contributed by atoms with van der Waals surface area (Å²) in [7, 11) is 2.82. The number of hydrogen-bond acceptors (Lipinski definition) is 4. The number of carbonyl (C=O) groups is 1. The number of rotatable bonds is 4. The molecule has 0 saturated heterocycles. The van der Waals surface area contributed by atoms with E-state index in [1.807, 2.05) is 0 Å². The first-order valence-electron chi connectivity index (χ1n) is 5.84. The second-order valence-corrected chi connectivity index (χ2v) is 5.03. The minimum atomic E-state index is -0.392. The number of esters is 1. The van der Waals surface area contributed by atoms with Crippen LogP contribution in [-0.4, -0.2) is 20.2 Å². The second-order valence-electron chi connectivity index (χ2n) is 3.91. The van der Waals surface area contributed by atoms with E-state index in [-0.39, 0.29) is 5.82 Å². The highest BCUT2D eigenvalue weighted by molar-refractivity contribution is 7.99. The second kappa shape index (κ2) is 6.43. The molecule has 0 aliphatic carbocycles. The Kier molecular flexibility index (Phi) is 4.63. The molecule has 0 bridgehead atoms. The summed E-state index contributed by atoms with van der Waals surface area (Å²) in [6.45, 7) is 0.